The lowest BCUT2D eigenvalue weighted by Crippen LogP contribution is -2.11. The van der Waals surface area contributed by atoms with E-state index >= 15 is 4.39 Å². The summed E-state index contributed by atoms with van der Waals surface area (Å²) in [5.74, 6) is -0.218. The van der Waals surface area contributed by atoms with Crippen LogP contribution in [-0.2, 0) is 4.79 Å². The number of aromatic nitrogens is 7. The van der Waals surface area contributed by atoms with E-state index in [0.29, 0.717) is 34.8 Å². The minimum Gasteiger partial charge on any atom is -0.335 e. The summed E-state index contributed by atoms with van der Waals surface area (Å²) in [6.07, 6.45) is 8.32. The van der Waals surface area contributed by atoms with Crippen LogP contribution >= 0.6 is 11.3 Å². The second kappa shape index (κ2) is 9.51. The van der Waals surface area contributed by atoms with Gasteiger partial charge in [0.15, 0.2) is 17.1 Å². The molecule has 184 valence electrons. The molecule has 3 N–H and O–H groups in total. The monoisotopic (exact) mass is 512 g/mol. The number of hydrogen-bond donors (Lipinski definition) is 3. The number of carbonyl (C=O) groups is 1. The van der Waals surface area contributed by atoms with Crippen molar-refractivity contribution in [3.05, 3.63) is 59.6 Å². The van der Waals surface area contributed by atoms with Crippen molar-refractivity contribution in [3.63, 3.8) is 0 Å². The summed E-state index contributed by atoms with van der Waals surface area (Å²) in [7, 11) is 0. The number of thiophene rings is 1. The van der Waals surface area contributed by atoms with Gasteiger partial charge in [-0.2, -0.15) is 16.4 Å². The maximum Gasteiger partial charge on any atom is 0.224 e. The van der Waals surface area contributed by atoms with E-state index in [1.807, 2.05) is 29.8 Å². The van der Waals surface area contributed by atoms with Crippen LogP contribution in [0.15, 0.2) is 53.7 Å². The van der Waals surface area contributed by atoms with Crippen molar-refractivity contribution in [3.8, 4) is 33.8 Å². The predicted molar refractivity (Wildman–Crippen MR) is 141 cm³/mol. The molecular formula is C26H21FN8OS. The largest absolute Gasteiger partial charge is 0.335 e. The number of imidazole rings is 1. The highest BCUT2D eigenvalue weighted by Gasteiger charge is 2.21. The van der Waals surface area contributed by atoms with Crippen molar-refractivity contribution in [2.24, 2.45) is 0 Å². The summed E-state index contributed by atoms with van der Waals surface area (Å²) in [4.78, 5) is 33.0. The number of carbonyl (C=O) groups excluding carboxylic acids is 1. The second-order valence-electron chi connectivity index (χ2n) is 8.55. The molecule has 0 atom stereocenters. The van der Waals surface area contributed by atoms with E-state index in [-0.39, 0.29) is 22.5 Å². The first kappa shape index (κ1) is 22.9. The van der Waals surface area contributed by atoms with Gasteiger partial charge in [-0.15, -0.1) is 0 Å². The van der Waals surface area contributed by atoms with Crippen LogP contribution in [0.3, 0.4) is 0 Å². The lowest BCUT2D eigenvalue weighted by Gasteiger charge is -2.08. The van der Waals surface area contributed by atoms with E-state index in [1.54, 1.807) is 23.6 Å². The number of aromatic amines is 2. The maximum absolute atomic E-state index is 16.0. The Kier molecular flexibility index (Phi) is 5.89. The zero-order valence-electron chi connectivity index (χ0n) is 19.7. The van der Waals surface area contributed by atoms with E-state index in [1.165, 1.54) is 18.6 Å². The lowest BCUT2D eigenvalue weighted by atomic mass is 10.1. The second-order valence-corrected chi connectivity index (χ2v) is 9.33. The zero-order valence-corrected chi connectivity index (χ0v) is 20.6. The number of hydrogen-bond acceptors (Lipinski definition) is 7. The molecule has 0 saturated heterocycles. The molecule has 0 saturated carbocycles. The van der Waals surface area contributed by atoms with Gasteiger partial charge in [0, 0.05) is 41.7 Å². The molecule has 0 aliphatic rings. The van der Waals surface area contributed by atoms with Crippen molar-refractivity contribution in [1.29, 1.82) is 0 Å². The fourth-order valence-electron chi connectivity index (χ4n) is 4.23. The third-order valence-electron chi connectivity index (χ3n) is 6.07. The van der Waals surface area contributed by atoms with Gasteiger partial charge in [-0.25, -0.2) is 19.3 Å². The van der Waals surface area contributed by atoms with Gasteiger partial charge < -0.3 is 10.3 Å². The Morgan fingerprint density at radius 2 is 2.03 bits per heavy atom. The third kappa shape index (κ3) is 4.23. The highest BCUT2D eigenvalue weighted by atomic mass is 32.1. The van der Waals surface area contributed by atoms with E-state index in [2.05, 4.69) is 40.4 Å². The molecular weight excluding hydrogens is 491 g/mol. The van der Waals surface area contributed by atoms with Gasteiger partial charge in [-0.3, -0.25) is 14.9 Å². The van der Waals surface area contributed by atoms with Crippen LogP contribution < -0.4 is 5.32 Å². The van der Waals surface area contributed by atoms with Crippen molar-refractivity contribution < 1.29 is 9.18 Å². The number of nitrogens with one attached hydrogen (secondary N) is 3. The van der Waals surface area contributed by atoms with Crippen molar-refractivity contribution in [2.75, 3.05) is 5.32 Å². The first-order valence-electron chi connectivity index (χ1n) is 11.8. The standard InChI is InChI=1S/C26H21FN8OS/c1-2-3-4-19(36)31-16-9-15(10-28-11-16)18-12-30-24-20(21(18)27)23(34-35-24)26-32-22-17(14-6-8-37-13-14)5-7-29-25(22)33-26/h5-13H,2-4H2,1H3,(H,31,36)(H,29,32,33)(H,30,34,35). The van der Waals surface area contributed by atoms with Crippen molar-refractivity contribution >= 4 is 45.1 Å². The number of fused-ring (bicyclic) bond motifs is 2. The Labute approximate surface area is 214 Å². The van der Waals surface area contributed by atoms with E-state index < -0.39 is 5.82 Å². The summed E-state index contributed by atoms with van der Waals surface area (Å²) in [5.41, 5.74) is 5.07. The van der Waals surface area contributed by atoms with Crippen LogP contribution in [0.1, 0.15) is 26.2 Å². The normalized spacial score (nSPS) is 11.4. The molecule has 6 rings (SSSR count). The molecule has 37 heavy (non-hydrogen) atoms. The first-order chi connectivity index (χ1) is 18.1. The minimum atomic E-state index is -0.517. The van der Waals surface area contributed by atoms with Crippen molar-refractivity contribution in [2.45, 2.75) is 26.2 Å². The average molecular weight is 513 g/mol. The topological polar surface area (TPSA) is 125 Å². The fourth-order valence-corrected chi connectivity index (χ4v) is 4.88. The molecule has 0 radical (unpaired) electrons. The van der Waals surface area contributed by atoms with E-state index in [9.17, 15) is 4.79 Å². The summed E-state index contributed by atoms with van der Waals surface area (Å²) < 4.78 is 16.0. The maximum atomic E-state index is 16.0. The molecule has 0 aliphatic carbocycles. The molecule has 0 aromatic carbocycles. The molecule has 11 heteroatoms. The van der Waals surface area contributed by atoms with Gasteiger partial charge in [0.2, 0.25) is 5.91 Å². The molecule has 0 aliphatic heterocycles. The summed E-state index contributed by atoms with van der Waals surface area (Å²) in [5, 5.41) is 14.1. The quantitative estimate of drug-likeness (QED) is 0.243. The van der Waals surface area contributed by atoms with Gasteiger partial charge >= 0.3 is 0 Å². The van der Waals surface area contributed by atoms with Gasteiger partial charge in [0.1, 0.15) is 11.5 Å². The van der Waals surface area contributed by atoms with Crippen LogP contribution in [0.4, 0.5) is 10.1 Å². The zero-order chi connectivity index (χ0) is 25.4. The Morgan fingerprint density at radius 3 is 2.86 bits per heavy atom. The number of H-pyrrole nitrogens is 2. The Hall–Kier alpha value is -4.51. The van der Waals surface area contributed by atoms with Crippen LogP contribution in [0, 0.1) is 5.82 Å². The Bertz CT molecular complexity index is 1740. The molecule has 0 bridgehead atoms. The summed E-state index contributed by atoms with van der Waals surface area (Å²) >= 11 is 1.60. The number of amides is 1. The molecule has 9 nitrogen and oxygen atoms in total. The molecule has 6 heterocycles. The van der Waals surface area contributed by atoms with Crippen LogP contribution in [0.2, 0.25) is 0 Å². The van der Waals surface area contributed by atoms with Crippen LogP contribution in [0.25, 0.3) is 56.0 Å². The Balaban J connectivity index is 1.41. The van der Waals surface area contributed by atoms with Gasteiger partial charge in [-0.05, 0) is 40.9 Å². The van der Waals surface area contributed by atoms with E-state index in [4.69, 9.17) is 0 Å². The average Bonchev–Trinajstić information content (AvgIpc) is 3.67. The highest BCUT2D eigenvalue weighted by Crippen LogP contribution is 2.34. The van der Waals surface area contributed by atoms with Gasteiger partial charge in [0.05, 0.1) is 22.8 Å². The molecule has 6 aromatic rings. The minimum absolute atomic E-state index is 0.104. The molecule has 0 spiro atoms. The first-order valence-corrected chi connectivity index (χ1v) is 12.7. The van der Waals surface area contributed by atoms with Gasteiger partial charge in [0.25, 0.3) is 0 Å². The van der Waals surface area contributed by atoms with Crippen LogP contribution in [-0.4, -0.2) is 41.0 Å². The Morgan fingerprint density at radius 1 is 1.11 bits per heavy atom. The number of anilines is 1. The molecule has 6 aromatic heterocycles. The number of pyridine rings is 3. The fraction of sp³-hybridized carbons (Fsp3) is 0.154. The summed E-state index contributed by atoms with van der Waals surface area (Å²) in [6.45, 7) is 2.02. The summed E-state index contributed by atoms with van der Waals surface area (Å²) in [6, 6.07) is 5.62. The number of rotatable bonds is 7. The van der Waals surface area contributed by atoms with Crippen molar-refractivity contribution in [1.82, 2.24) is 35.1 Å². The molecule has 0 unspecified atom stereocenters. The third-order valence-corrected chi connectivity index (χ3v) is 6.75. The number of halogens is 1. The molecule has 0 fully saturated rings. The van der Waals surface area contributed by atoms with Gasteiger partial charge in [-0.1, -0.05) is 13.3 Å². The smallest absolute Gasteiger partial charge is 0.224 e. The highest BCUT2D eigenvalue weighted by molar-refractivity contribution is 7.08. The molecule has 1 amide bonds. The number of unbranched alkanes of at least 4 members (excludes halogenated alkanes) is 1. The van der Waals surface area contributed by atoms with Crippen LogP contribution in [0.5, 0.6) is 0 Å². The lowest BCUT2D eigenvalue weighted by molar-refractivity contribution is -0.116. The number of nitrogens with zero attached hydrogens (tertiary/aromatic N) is 5. The van der Waals surface area contributed by atoms with E-state index in [0.717, 1.165) is 29.5 Å². The predicted octanol–water partition coefficient (Wildman–Crippen LogP) is 5.95. The SMILES string of the molecule is CCCCC(=O)Nc1cncc(-c2cnc3n[nH]c(-c4nc5nccc(-c6ccsc6)c5[nH]4)c3c2F)c1.